The maximum atomic E-state index is 5.39. The molecule has 1 rings (SSSR count). The van der Waals surface area contributed by atoms with Gasteiger partial charge in [-0.15, -0.1) is 0 Å². The fraction of sp³-hybridized carbons (Fsp3) is 0.500. The zero-order chi connectivity index (χ0) is 5.28. The molecule has 0 aromatic rings. The van der Waals surface area contributed by atoms with Gasteiger partial charge >= 0.3 is 0 Å². The average molecular weight is 116 g/mol. The number of thiol groups is 1. The van der Waals surface area contributed by atoms with Crippen LogP contribution in [-0.4, -0.2) is 10.8 Å². The van der Waals surface area contributed by atoms with E-state index in [1.54, 1.807) is 4.31 Å². The van der Waals surface area contributed by atoms with Crippen molar-refractivity contribution in [1.82, 2.24) is 4.31 Å². The Hall–Kier alpha value is -0.310. The highest BCUT2D eigenvalue weighted by Crippen LogP contribution is 2.10. The number of hydrogen-bond acceptors (Lipinski definition) is 3. The van der Waals surface area contributed by atoms with E-state index in [9.17, 15) is 0 Å². The Morgan fingerprint density at radius 2 is 2.57 bits per heavy atom. The number of nitrogens with zero attached hydrogens (tertiary/aromatic N) is 1. The van der Waals surface area contributed by atoms with E-state index in [2.05, 4.69) is 12.8 Å². The minimum Gasteiger partial charge on any atom is -0.385 e. The molecule has 0 radical (unpaired) electrons. The van der Waals surface area contributed by atoms with E-state index in [1.165, 1.54) is 0 Å². The van der Waals surface area contributed by atoms with Crippen LogP contribution in [0.25, 0.3) is 0 Å². The highest BCUT2D eigenvalue weighted by Gasteiger charge is 2.04. The molecule has 7 heavy (non-hydrogen) atoms. The van der Waals surface area contributed by atoms with Crippen LogP contribution in [0.5, 0.6) is 0 Å². The number of hydrogen-bond donors (Lipinski definition) is 2. The van der Waals surface area contributed by atoms with E-state index in [-0.39, 0.29) is 0 Å². The zero-order valence-electron chi connectivity index (χ0n) is 3.96. The van der Waals surface area contributed by atoms with Crippen molar-refractivity contribution in [3.63, 3.8) is 0 Å². The van der Waals surface area contributed by atoms with Crippen LogP contribution in [0.15, 0.2) is 11.9 Å². The number of nitrogens with two attached hydrogens (primary N) is 1. The lowest BCUT2D eigenvalue weighted by molar-refractivity contribution is 0.628. The first-order chi connectivity index (χ1) is 3.30. The minimum atomic E-state index is 0.781. The Morgan fingerprint density at radius 1 is 1.86 bits per heavy atom. The van der Waals surface area contributed by atoms with Crippen LogP contribution in [0.1, 0.15) is 6.42 Å². The van der Waals surface area contributed by atoms with Gasteiger partial charge in [0, 0.05) is 6.54 Å². The van der Waals surface area contributed by atoms with Crippen LogP contribution >= 0.6 is 12.8 Å². The topological polar surface area (TPSA) is 29.3 Å². The van der Waals surface area contributed by atoms with Gasteiger partial charge < -0.3 is 10.0 Å². The van der Waals surface area contributed by atoms with E-state index in [4.69, 9.17) is 5.73 Å². The molecule has 3 heteroatoms. The van der Waals surface area contributed by atoms with E-state index >= 15 is 0 Å². The van der Waals surface area contributed by atoms with Gasteiger partial charge in [-0.1, -0.05) is 12.8 Å². The molecule has 0 bridgehead atoms. The van der Waals surface area contributed by atoms with Gasteiger partial charge in [0.15, 0.2) is 0 Å². The third kappa shape index (κ3) is 0.825. The number of rotatable bonds is 0. The van der Waals surface area contributed by atoms with Crippen LogP contribution in [-0.2, 0) is 0 Å². The van der Waals surface area contributed by atoms with Crippen LogP contribution in [0.2, 0.25) is 0 Å². The van der Waals surface area contributed by atoms with Crippen LogP contribution in [0.3, 0.4) is 0 Å². The molecule has 0 atom stereocenters. The lowest BCUT2D eigenvalue weighted by Crippen LogP contribution is -2.12. The Bertz CT molecular complexity index is 99.9. The van der Waals surface area contributed by atoms with Gasteiger partial charge in [0.1, 0.15) is 5.82 Å². The quantitative estimate of drug-likeness (QED) is 0.447. The first kappa shape index (κ1) is 4.84. The van der Waals surface area contributed by atoms with Crippen molar-refractivity contribution in [3.8, 4) is 0 Å². The van der Waals surface area contributed by atoms with Crippen molar-refractivity contribution >= 4 is 12.8 Å². The van der Waals surface area contributed by atoms with Gasteiger partial charge in [-0.3, -0.25) is 0 Å². The third-order valence-corrected chi connectivity index (χ3v) is 1.42. The maximum Gasteiger partial charge on any atom is 0.104 e. The van der Waals surface area contributed by atoms with Crippen molar-refractivity contribution in [2.75, 3.05) is 6.54 Å². The van der Waals surface area contributed by atoms with Gasteiger partial charge in [-0.25, -0.2) is 0 Å². The predicted octanol–water partition coefficient (Wildman–Crippen LogP) is 0.337. The Labute approximate surface area is 48.5 Å². The molecular formula is C4H8N2S. The van der Waals surface area contributed by atoms with Crippen LogP contribution in [0.4, 0.5) is 0 Å². The Kier molecular flexibility index (Phi) is 1.15. The molecule has 0 saturated heterocycles. The molecule has 0 spiro atoms. The lowest BCUT2D eigenvalue weighted by atomic mass is 10.5. The summed E-state index contributed by atoms with van der Waals surface area (Å²) in [6, 6.07) is 0. The molecule has 0 aliphatic carbocycles. The van der Waals surface area contributed by atoms with Crippen molar-refractivity contribution < 1.29 is 0 Å². The Morgan fingerprint density at radius 3 is 2.71 bits per heavy atom. The van der Waals surface area contributed by atoms with Gasteiger partial charge in [-0.05, 0) is 12.5 Å². The molecule has 0 fully saturated rings. The summed E-state index contributed by atoms with van der Waals surface area (Å²) in [5.74, 6) is 0.781. The van der Waals surface area contributed by atoms with E-state index in [0.717, 1.165) is 18.8 Å². The monoisotopic (exact) mass is 116 g/mol. The van der Waals surface area contributed by atoms with Gasteiger partial charge in [0.25, 0.3) is 0 Å². The fourth-order valence-electron chi connectivity index (χ4n) is 0.569. The second kappa shape index (κ2) is 1.66. The molecule has 0 saturated carbocycles. The summed E-state index contributed by atoms with van der Waals surface area (Å²) in [7, 11) is 0. The average Bonchev–Trinajstić information content (AvgIpc) is 1.91. The summed E-state index contributed by atoms with van der Waals surface area (Å²) in [4.78, 5) is 0. The van der Waals surface area contributed by atoms with Crippen molar-refractivity contribution in [2.24, 2.45) is 5.73 Å². The van der Waals surface area contributed by atoms with Gasteiger partial charge in [0.2, 0.25) is 0 Å². The summed E-state index contributed by atoms with van der Waals surface area (Å²) >= 11 is 4.03. The second-order valence-corrected chi connectivity index (χ2v) is 2.02. The maximum absolute atomic E-state index is 5.39. The fourth-order valence-corrected chi connectivity index (χ4v) is 0.766. The highest BCUT2D eigenvalue weighted by atomic mass is 32.1. The van der Waals surface area contributed by atoms with Gasteiger partial charge in [0.05, 0.1) is 0 Å². The molecule has 1 aliphatic heterocycles. The summed E-state index contributed by atoms with van der Waals surface area (Å²) in [6.07, 6.45) is 3.00. The SMILES string of the molecule is NC1=CCCN1S. The molecule has 0 aromatic carbocycles. The molecule has 40 valence electrons. The van der Waals surface area contributed by atoms with Gasteiger partial charge in [-0.2, -0.15) is 0 Å². The van der Waals surface area contributed by atoms with E-state index in [1.807, 2.05) is 6.08 Å². The first-order valence-electron chi connectivity index (χ1n) is 2.23. The van der Waals surface area contributed by atoms with E-state index in [0.29, 0.717) is 0 Å². The minimum absolute atomic E-state index is 0.781. The molecular weight excluding hydrogens is 108 g/mol. The third-order valence-electron chi connectivity index (χ3n) is 0.992. The van der Waals surface area contributed by atoms with Crippen LogP contribution in [0, 0.1) is 0 Å². The van der Waals surface area contributed by atoms with E-state index < -0.39 is 0 Å². The molecule has 0 unspecified atom stereocenters. The van der Waals surface area contributed by atoms with Crippen molar-refractivity contribution in [3.05, 3.63) is 11.9 Å². The first-order valence-corrected chi connectivity index (χ1v) is 2.63. The molecule has 1 aliphatic rings. The summed E-state index contributed by atoms with van der Waals surface area (Å²) in [6.45, 7) is 0.953. The highest BCUT2D eigenvalue weighted by molar-refractivity contribution is 7.77. The zero-order valence-corrected chi connectivity index (χ0v) is 4.86. The molecule has 0 aromatic heterocycles. The normalized spacial score (nSPS) is 20.1. The lowest BCUT2D eigenvalue weighted by Gasteiger charge is -2.07. The Balaban J connectivity index is 2.54. The summed E-state index contributed by atoms with van der Waals surface area (Å²) in [5.41, 5.74) is 5.39. The molecule has 2 N–H and O–H groups in total. The molecule has 1 heterocycles. The van der Waals surface area contributed by atoms with Crippen molar-refractivity contribution in [1.29, 1.82) is 0 Å². The standard InChI is InChI=1S/C4H8N2S/c5-4-2-1-3-6(4)7/h2,7H,1,3,5H2. The molecule has 0 amide bonds. The smallest absolute Gasteiger partial charge is 0.104 e. The summed E-state index contributed by atoms with van der Waals surface area (Å²) in [5, 5.41) is 0. The van der Waals surface area contributed by atoms with Crippen molar-refractivity contribution in [2.45, 2.75) is 6.42 Å². The molecule has 2 nitrogen and oxygen atoms in total. The predicted molar refractivity (Wildman–Crippen MR) is 32.6 cm³/mol. The summed E-state index contributed by atoms with van der Waals surface area (Å²) < 4.78 is 1.74. The van der Waals surface area contributed by atoms with Crippen LogP contribution < -0.4 is 5.73 Å². The largest absolute Gasteiger partial charge is 0.385 e. The second-order valence-electron chi connectivity index (χ2n) is 1.54.